The van der Waals surface area contributed by atoms with E-state index in [9.17, 15) is 19.8 Å². The van der Waals surface area contributed by atoms with E-state index in [-0.39, 0.29) is 40.4 Å². The van der Waals surface area contributed by atoms with Crippen molar-refractivity contribution in [2.24, 2.45) is 5.41 Å². The lowest BCUT2D eigenvalue weighted by Gasteiger charge is -2.47. The second-order valence-electron chi connectivity index (χ2n) is 8.37. The van der Waals surface area contributed by atoms with E-state index in [1.807, 2.05) is 4.90 Å². The number of amides is 2. The number of aromatic hydroxyl groups is 2. The monoisotopic (exact) mass is 388 g/mol. The molecule has 0 aliphatic carbocycles. The SMILES string of the molecule is O=C1CCC2(CCN(C(=O)c3cccc(O)c3O)CC2)CN1C[C@H]1CCCO1. The third-order valence-corrected chi connectivity index (χ3v) is 6.55. The molecule has 0 unspecified atom stereocenters. The Labute approximate surface area is 164 Å². The summed E-state index contributed by atoms with van der Waals surface area (Å²) in [7, 11) is 0. The predicted octanol–water partition coefficient (Wildman–Crippen LogP) is 2.12. The van der Waals surface area contributed by atoms with E-state index in [0.717, 1.165) is 45.3 Å². The first-order chi connectivity index (χ1) is 13.5. The molecule has 0 saturated carbocycles. The molecule has 3 aliphatic heterocycles. The number of carbonyl (C=O) groups is 2. The summed E-state index contributed by atoms with van der Waals surface area (Å²) >= 11 is 0. The standard InChI is InChI=1S/C21H28N2O5/c24-17-5-1-4-16(19(17)26)20(27)22-10-8-21(9-11-22)7-6-18(25)23(14-21)13-15-3-2-12-28-15/h1,4-5,15,24,26H,2-3,6-14H2/t15-/m1/s1. The Morgan fingerprint density at radius 1 is 1.21 bits per heavy atom. The number of phenolic OH excluding ortho intramolecular Hbond substituents is 2. The van der Waals surface area contributed by atoms with E-state index in [1.54, 1.807) is 11.0 Å². The third-order valence-electron chi connectivity index (χ3n) is 6.55. The molecule has 3 aliphatic rings. The second-order valence-corrected chi connectivity index (χ2v) is 8.37. The van der Waals surface area contributed by atoms with Gasteiger partial charge in [0.05, 0.1) is 11.7 Å². The van der Waals surface area contributed by atoms with Crippen molar-refractivity contribution >= 4 is 11.8 Å². The summed E-state index contributed by atoms with van der Waals surface area (Å²) in [6, 6.07) is 4.45. The van der Waals surface area contributed by atoms with Crippen LogP contribution in [-0.4, -0.2) is 70.7 Å². The molecule has 0 radical (unpaired) electrons. The number of carbonyl (C=O) groups excluding carboxylic acids is 2. The number of hydrogen-bond acceptors (Lipinski definition) is 5. The van der Waals surface area contributed by atoms with Gasteiger partial charge in [-0.15, -0.1) is 0 Å². The molecule has 2 amide bonds. The first-order valence-electron chi connectivity index (χ1n) is 10.2. The van der Waals surface area contributed by atoms with Crippen molar-refractivity contribution in [3.63, 3.8) is 0 Å². The molecule has 7 heteroatoms. The van der Waals surface area contributed by atoms with Crippen LogP contribution in [0.1, 0.15) is 48.9 Å². The maximum Gasteiger partial charge on any atom is 0.257 e. The average molecular weight is 388 g/mol. The molecule has 1 aromatic carbocycles. The Kier molecular flexibility index (Phi) is 5.19. The van der Waals surface area contributed by atoms with Gasteiger partial charge >= 0.3 is 0 Å². The van der Waals surface area contributed by atoms with E-state index in [1.165, 1.54) is 12.1 Å². The van der Waals surface area contributed by atoms with Crippen LogP contribution in [0.15, 0.2) is 18.2 Å². The fourth-order valence-electron chi connectivity index (χ4n) is 4.77. The molecule has 7 nitrogen and oxygen atoms in total. The first-order valence-corrected chi connectivity index (χ1v) is 10.2. The van der Waals surface area contributed by atoms with Crippen LogP contribution in [0, 0.1) is 5.41 Å². The summed E-state index contributed by atoms with van der Waals surface area (Å²) in [4.78, 5) is 28.9. The van der Waals surface area contributed by atoms with Gasteiger partial charge in [-0.25, -0.2) is 0 Å². The number of piperidine rings is 2. The highest BCUT2D eigenvalue weighted by molar-refractivity contribution is 5.97. The first kappa shape index (κ1) is 19.1. The lowest BCUT2D eigenvalue weighted by atomic mass is 9.72. The van der Waals surface area contributed by atoms with Crippen LogP contribution in [0.25, 0.3) is 0 Å². The number of benzene rings is 1. The van der Waals surface area contributed by atoms with Crippen LogP contribution in [0.4, 0.5) is 0 Å². The molecule has 4 rings (SSSR count). The van der Waals surface area contributed by atoms with Gasteiger partial charge in [0, 0.05) is 39.2 Å². The highest BCUT2D eigenvalue weighted by atomic mass is 16.5. The zero-order chi connectivity index (χ0) is 19.7. The van der Waals surface area contributed by atoms with Crippen LogP contribution in [0.5, 0.6) is 11.5 Å². The smallest absolute Gasteiger partial charge is 0.257 e. The minimum absolute atomic E-state index is 0.0597. The molecule has 3 saturated heterocycles. The van der Waals surface area contributed by atoms with E-state index >= 15 is 0 Å². The maximum atomic E-state index is 12.8. The fraction of sp³-hybridized carbons (Fsp3) is 0.619. The van der Waals surface area contributed by atoms with Gasteiger partial charge in [0.2, 0.25) is 5.91 Å². The number of nitrogens with zero attached hydrogens (tertiary/aromatic N) is 2. The van der Waals surface area contributed by atoms with Gasteiger partial charge in [0.25, 0.3) is 5.91 Å². The minimum Gasteiger partial charge on any atom is -0.504 e. The molecule has 3 fully saturated rings. The van der Waals surface area contributed by atoms with Crippen molar-refractivity contribution in [1.82, 2.24) is 9.80 Å². The van der Waals surface area contributed by atoms with Gasteiger partial charge in [-0.05, 0) is 49.7 Å². The van der Waals surface area contributed by atoms with Gasteiger partial charge in [0.15, 0.2) is 11.5 Å². The van der Waals surface area contributed by atoms with Gasteiger partial charge in [0.1, 0.15) is 0 Å². The van der Waals surface area contributed by atoms with Crippen molar-refractivity contribution in [1.29, 1.82) is 0 Å². The van der Waals surface area contributed by atoms with Crippen molar-refractivity contribution in [2.45, 2.75) is 44.6 Å². The van der Waals surface area contributed by atoms with Crippen LogP contribution < -0.4 is 0 Å². The van der Waals surface area contributed by atoms with Crippen LogP contribution in [-0.2, 0) is 9.53 Å². The van der Waals surface area contributed by atoms with Gasteiger partial charge < -0.3 is 24.7 Å². The lowest BCUT2D eigenvalue weighted by Crippen LogP contribution is -2.53. The molecule has 1 spiro atoms. The van der Waals surface area contributed by atoms with Crippen LogP contribution in [0.2, 0.25) is 0 Å². The molecular formula is C21H28N2O5. The summed E-state index contributed by atoms with van der Waals surface area (Å²) in [5.74, 6) is -0.690. The van der Waals surface area contributed by atoms with Crippen molar-refractivity contribution < 1.29 is 24.5 Å². The molecule has 0 aromatic heterocycles. The molecule has 0 bridgehead atoms. The topological polar surface area (TPSA) is 90.3 Å². The zero-order valence-electron chi connectivity index (χ0n) is 16.1. The van der Waals surface area contributed by atoms with Crippen molar-refractivity contribution in [3.05, 3.63) is 23.8 Å². The molecular weight excluding hydrogens is 360 g/mol. The van der Waals surface area contributed by atoms with Crippen molar-refractivity contribution in [2.75, 3.05) is 32.8 Å². The number of likely N-dealkylation sites (tertiary alicyclic amines) is 2. The summed E-state index contributed by atoms with van der Waals surface area (Å²) in [6.45, 7) is 3.40. The Morgan fingerprint density at radius 2 is 2.00 bits per heavy atom. The van der Waals surface area contributed by atoms with E-state index in [4.69, 9.17) is 4.74 Å². The lowest BCUT2D eigenvalue weighted by molar-refractivity contribution is -0.141. The minimum atomic E-state index is -0.362. The Morgan fingerprint density at radius 3 is 2.71 bits per heavy atom. The number of phenols is 2. The largest absolute Gasteiger partial charge is 0.504 e. The maximum absolute atomic E-state index is 12.8. The molecule has 3 heterocycles. The van der Waals surface area contributed by atoms with Crippen molar-refractivity contribution in [3.8, 4) is 11.5 Å². The molecule has 28 heavy (non-hydrogen) atoms. The average Bonchev–Trinajstić information content (AvgIpc) is 3.20. The van der Waals surface area contributed by atoms with E-state index in [0.29, 0.717) is 26.1 Å². The summed E-state index contributed by atoms with van der Waals surface area (Å²) in [5.41, 5.74) is 0.194. The van der Waals surface area contributed by atoms with Gasteiger partial charge in [-0.2, -0.15) is 0 Å². The van der Waals surface area contributed by atoms with Crippen LogP contribution in [0.3, 0.4) is 0 Å². The highest BCUT2D eigenvalue weighted by Gasteiger charge is 2.42. The fourth-order valence-corrected chi connectivity index (χ4v) is 4.77. The third kappa shape index (κ3) is 3.68. The van der Waals surface area contributed by atoms with Gasteiger partial charge in [-0.1, -0.05) is 6.07 Å². The van der Waals surface area contributed by atoms with E-state index < -0.39 is 0 Å². The normalized spacial score (nSPS) is 24.7. The summed E-state index contributed by atoms with van der Waals surface area (Å²) in [6.07, 6.45) is 5.36. The van der Waals surface area contributed by atoms with Gasteiger partial charge in [-0.3, -0.25) is 9.59 Å². The molecule has 1 atom stereocenters. The summed E-state index contributed by atoms with van der Waals surface area (Å²) in [5, 5.41) is 19.6. The van der Waals surface area contributed by atoms with Crippen LogP contribution >= 0.6 is 0 Å². The summed E-state index contributed by atoms with van der Waals surface area (Å²) < 4.78 is 5.71. The number of rotatable bonds is 3. The Hall–Kier alpha value is -2.28. The zero-order valence-corrected chi connectivity index (χ0v) is 16.1. The molecule has 1 aromatic rings. The number of para-hydroxylation sites is 1. The number of hydrogen-bond donors (Lipinski definition) is 2. The highest BCUT2D eigenvalue weighted by Crippen LogP contribution is 2.41. The Balaban J connectivity index is 1.39. The Bertz CT molecular complexity index is 751. The predicted molar refractivity (Wildman–Crippen MR) is 102 cm³/mol. The van der Waals surface area contributed by atoms with E-state index in [2.05, 4.69) is 0 Å². The molecule has 2 N–H and O–H groups in total. The quantitative estimate of drug-likeness (QED) is 0.774. The second kappa shape index (κ2) is 7.62. The number of ether oxygens (including phenoxy) is 1. The molecule has 152 valence electrons.